The maximum absolute atomic E-state index is 12.1. The van der Waals surface area contributed by atoms with E-state index in [4.69, 9.17) is 11.6 Å². The lowest BCUT2D eigenvalue weighted by atomic mass is 10.2. The average molecular weight is 155 g/mol. The SMILES string of the molecule is CCCCC(F)=C(F)Cl. The van der Waals surface area contributed by atoms with E-state index in [-0.39, 0.29) is 6.42 Å². The molecule has 0 saturated carbocycles. The quantitative estimate of drug-likeness (QED) is 0.584. The van der Waals surface area contributed by atoms with Crippen molar-refractivity contribution in [3.8, 4) is 0 Å². The van der Waals surface area contributed by atoms with Gasteiger partial charge in [-0.25, -0.2) is 4.39 Å². The number of hydrogen-bond donors (Lipinski definition) is 0. The molecule has 9 heavy (non-hydrogen) atoms. The van der Waals surface area contributed by atoms with E-state index >= 15 is 0 Å². The molecule has 0 nitrogen and oxygen atoms in total. The standard InChI is InChI=1S/C6H9ClF2/c1-2-3-4-5(8)6(7)9/h2-4H2,1H3. The Balaban J connectivity index is 3.50. The molecule has 0 aromatic heterocycles. The van der Waals surface area contributed by atoms with Gasteiger partial charge in [-0.05, 0) is 18.0 Å². The Morgan fingerprint density at radius 1 is 1.44 bits per heavy atom. The van der Waals surface area contributed by atoms with Crippen molar-refractivity contribution in [1.29, 1.82) is 0 Å². The van der Waals surface area contributed by atoms with Crippen LogP contribution < -0.4 is 0 Å². The molecule has 0 unspecified atom stereocenters. The normalized spacial score (nSPS) is 13.3. The first kappa shape index (κ1) is 8.89. The van der Waals surface area contributed by atoms with Crippen molar-refractivity contribution in [3.05, 3.63) is 11.1 Å². The van der Waals surface area contributed by atoms with Crippen molar-refractivity contribution < 1.29 is 8.78 Å². The van der Waals surface area contributed by atoms with Gasteiger partial charge in [-0.3, -0.25) is 0 Å². The maximum atomic E-state index is 12.1. The first-order valence-electron chi connectivity index (χ1n) is 2.88. The van der Waals surface area contributed by atoms with Crippen molar-refractivity contribution in [1.82, 2.24) is 0 Å². The topological polar surface area (TPSA) is 0 Å². The van der Waals surface area contributed by atoms with Crippen LogP contribution in [0.1, 0.15) is 26.2 Å². The minimum atomic E-state index is -1.21. The third kappa shape index (κ3) is 4.40. The van der Waals surface area contributed by atoms with Crippen LogP contribution in [-0.4, -0.2) is 0 Å². The number of rotatable bonds is 3. The second-order valence-corrected chi connectivity index (χ2v) is 2.10. The molecule has 0 heterocycles. The van der Waals surface area contributed by atoms with Crippen LogP contribution in [-0.2, 0) is 0 Å². The van der Waals surface area contributed by atoms with Gasteiger partial charge in [0.25, 0.3) is 0 Å². The summed E-state index contributed by atoms with van der Waals surface area (Å²) in [6.07, 6.45) is 1.61. The Morgan fingerprint density at radius 3 is 2.33 bits per heavy atom. The van der Waals surface area contributed by atoms with Crippen LogP contribution in [0.2, 0.25) is 0 Å². The fraction of sp³-hybridized carbons (Fsp3) is 0.667. The molecule has 0 aliphatic rings. The largest absolute Gasteiger partial charge is 0.220 e. The summed E-state index contributed by atoms with van der Waals surface area (Å²) >= 11 is 4.70. The minimum Gasteiger partial charge on any atom is -0.208 e. The number of hydrogen-bond acceptors (Lipinski definition) is 0. The van der Waals surface area contributed by atoms with Crippen LogP contribution in [0.5, 0.6) is 0 Å². The third-order valence-electron chi connectivity index (χ3n) is 0.955. The van der Waals surface area contributed by atoms with E-state index in [1.165, 1.54) is 0 Å². The summed E-state index contributed by atoms with van der Waals surface area (Å²) in [5.74, 6) is -0.835. The van der Waals surface area contributed by atoms with E-state index in [1.807, 2.05) is 6.92 Å². The zero-order valence-electron chi connectivity index (χ0n) is 5.26. The molecule has 0 amide bonds. The van der Waals surface area contributed by atoms with Gasteiger partial charge in [0.2, 0.25) is 5.29 Å². The molecule has 54 valence electrons. The minimum absolute atomic E-state index is 0.117. The van der Waals surface area contributed by atoms with Crippen LogP contribution >= 0.6 is 11.6 Å². The zero-order chi connectivity index (χ0) is 7.28. The molecular formula is C6H9ClF2. The first-order chi connectivity index (χ1) is 4.18. The van der Waals surface area contributed by atoms with E-state index in [0.717, 1.165) is 6.42 Å². The lowest BCUT2D eigenvalue weighted by molar-refractivity contribution is 0.523. The van der Waals surface area contributed by atoms with Crippen molar-refractivity contribution in [2.45, 2.75) is 26.2 Å². The van der Waals surface area contributed by atoms with Gasteiger partial charge in [0.1, 0.15) is 5.83 Å². The summed E-state index contributed by atoms with van der Waals surface area (Å²) in [4.78, 5) is 0. The van der Waals surface area contributed by atoms with E-state index in [9.17, 15) is 8.78 Å². The van der Waals surface area contributed by atoms with Crippen LogP contribution in [0.15, 0.2) is 11.1 Å². The second kappa shape index (κ2) is 4.74. The molecule has 0 fully saturated rings. The van der Waals surface area contributed by atoms with Crippen molar-refractivity contribution in [2.24, 2.45) is 0 Å². The molecular weight excluding hydrogens is 146 g/mol. The molecule has 0 aliphatic heterocycles. The molecule has 3 heteroatoms. The van der Waals surface area contributed by atoms with E-state index in [0.29, 0.717) is 6.42 Å². The molecule has 0 spiro atoms. The maximum Gasteiger partial charge on any atom is 0.220 e. The smallest absolute Gasteiger partial charge is 0.208 e. The highest BCUT2D eigenvalue weighted by molar-refractivity contribution is 6.28. The molecule has 0 N–H and O–H groups in total. The first-order valence-corrected chi connectivity index (χ1v) is 3.26. The average Bonchev–Trinajstić information content (AvgIpc) is 1.82. The summed E-state index contributed by atoms with van der Waals surface area (Å²) in [5.41, 5.74) is 0. The Hall–Kier alpha value is -0.110. The molecule has 0 aromatic carbocycles. The fourth-order valence-electron chi connectivity index (χ4n) is 0.426. The fourth-order valence-corrected chi connectivity index (χ4v) is 0.521. The molecule has 0 saturated heterocycles. The highest BCUT2D eigenvalue weighted by Gasteiger charge is 2.00. The predicted octanol–water partition coefficient (Wildman–Crippen LogP) is 3.52. The lowest BCUT2D eigenvalue weighted by Crippen LogP contribution is -1.75. The van der Waals surface area contributed by atoms with Crippen molar-refractivity contribution in [2.75, 3.05) is 0 Å². The Morgan fingerprint density at radius 2 is 2.00 bits per heavy atom. The predicted molar refractivity (Wildman–Crippen MR) is 34.6 cm³/mol. The van der Waals surface area contributed by atoms with Gasteiger partial charge >= 0.3 is 0 Å². The van der Waals surface area contributed by atoms with Gasteiger partial charge in [0, 0.05) is 6.42 Å². The van der Waals surface area contributed by atoms with Gasteiger partial charge in [-0.15, -0.1) is 0 Å². The third-order valence-corrected chi connectivity index (χ3v) is 1.16. The Labute approximate surface area is 58.5 Å². The lowest BCUT2D eigenvalue weighted by Gasteiger charge is -1.91. The zero-order valence-corrected chi connectivity index (χ0v) is 6.01. The Kier molecular flexibility index (Phi) is 4.68. The molecule has 0 atom stereocenters. The van der Waals surface area contributed by atoms with E-state index in [2.05, 4.69) is 0 Å². The summed E-state index contributed by atoms with van der Waals surface area (Å²) in [5, 5.41) is -1.21. The van der Waals surface area contributed by atoms with Gasteiger partial charge in [-0.1, -0.05) is 13.3 Å². The highest BCUT2D eigenvalue weighted by Crippen LogP contribution is 2.17. The number of allylic oxidation sites excluding steroid dienone is 1. The highest BCUT2D eigenvalue weighted by atomic mass is 35.5. The van der Waals surface area contributed by atoms with Crippen molar-refractivity contribution in [3.63, 3.8) is 0 Å². The number of unbranched alkanes of at least 4 members (excludes halogenated alkanes) is 1. The second-order valence-electron chi connectivity index (χ2n) is 1.77. The number of halogens is 3. The molecule has 0 aromatic rings. The molecule has 0 radical (unpaired) electrons. The van der Waals surface area contributed by atoms with Gasteiger partial charge in [-0.2, -0.15) is 4.39 Å². The summed E-state index contributed by atoms with van der Waals surface area (Å²) in [6, 6.07) is 0. The Bertz CT molecular complexity index is 106. The van der Waals surface area contributed by atoms with Gasteiger partial charge < -0.3 is 0 Å². The monoisotopic (exact) mass is 154 g/mol. The van der Waals surface area contributed by atoms with Crippen molar-refractivity contribution >= 4 is 11.6 Å². The van der Waals surface area contributed by atoms with Crippen LogP contribution in [0.25, 0.3) is 0 Å². The van der Waals surface area contributed by atoms with Crippen LogP contribution in [0, 0.1) is 0 Å². The van der Waals surface area contributed by atoms with Crippen LogP contribution in [0.3, 0.4) is 0 Å². The van der Waals surface area contributed by atoms with E-state index < -0.39 is 11.1 Å². The van der Waals surface area contributed by atoms with Crippen LogP contribution in [0.4, 0.5) is 8.78 Å². The van der Waals surface area contributed by atoms with Gasteiger partial charge in [0.05, 0.1) is 0 Å². The van der Waals surface area contributed by atoms with E-state index in [1.54, 1.807) is 0 Å². The molecule has 0 rings (SSSR count). The van der Waals surface area contributed by atoms with Gasteiger partial charge in [0.15, 0.2) is 0 Å². The summed E-state index contributed by atoms with van der Waals surface area (Å²) < 4.78 is 23.8. The summed E-state index contributed by atoms with van der Waals surface area (Å²) in [6.45, 7) is 1.90. The molecule has 0 bridgehead atoms. The molecule has 0 aliphatic carbocycles. The summed E-state index contributed by atoms with van der Waals surface area (Å²) in [7, 11) is 0.